The summed E-state index contributed by atoms with van der Waals surface area (Å²) < 4.78 is 50.1. The predicted molar refractivity (Wildman–Crippen MR) is 91.2 cm³/mol. The van der Waals surface area contributed by atoms with E-state index in [1.165, 1.54) is 18.2 Å². The summed E-state index contributed by atoms with van der Waals surface area (Å²) in [6.07, 6.45) is -3.55. The van der Waals surface area contributed by atoms with Gasteiger partial charge in [0.2, 0.25) is 0 Å². The Morgan fingerprint density at radius 3 is 2.59 bits per heavy atom. The molecule has 0 bridgehead atoms. The maximum absolute atomic E-state index is 13.3. The Hall–Kier alpha value is -2.39. The van der Waals surface area contributed by atoms with Gasteiger partial charge in [0.1, 0.15) is 0 Å². The van der Waals surface area contributed by atoms with Crippen molar-refractivity contribution < 1.29 is 27.1 Å². The quantitative estimate of drug-likeness (QED) is 0.795. The van der Waals surface area contributed by atoms with Crippen LogP contribution in [-0.4, -0.2) is 67.1 Å². The summed E-state index contributed by atoms with van der Waals surface area (Å²) in [6, 6.07) is 5.00. The minimum Gasteiger partial charge on any atom is -0.443 e. The largest absolute Gasteiger partial charge is 0.443 e. The fourth-order valence-electron chi connectivity index (χ4n) is 3.06. The summed E-state index contributed by atoms with van der Waals surface area (Å²) in [5, 5.41) is 0. The fourth-order valence-corrected chi connectivity index (χ4v) is 3.06. The number of carbonyl (C=O) groups excluding carboxylic acids is 1. The van der Waals surface area contributed by atoms with Gasteiger partial charge in [-0.1, -0.05) is 18.2 Å². The van der Waals surface area contributed by atoms with Crippen LogP contribution in [0.3, 0.4) is 0 Å². The molecule has 1 fully saturated rings. The number of piperazine rings is 1. The number of rotatable bonds is 5. The van der Waals surface area contributed by atoms with Gasteiger partial charge < -0.3 is 14.1 Å². The van der Waals surface area contributed by atoms with E-state index in [-0.39, 0.29) is 17.0 Å². The van der Waals surface area contributed by atoms with Gasteiger partial charge in [0.05, 0.1) is 12.2 Å². The summed E-state index contributed by atoms with van der Waals surface area (Å²) in [4.78, 5) is 20.5. The Balaban J connectivity index is 1.80. The summed E-state index contributed by atoms with van der Waals surface area (Å²) in [6.45, 7) is 3.65. The van der Waals surface area contributed by atoms with Gasteiger partial charge in [-0.15, -0.1) is 0 Å². The molecule has 6 nitrogen and oxygen atoms in total. The highest BCUT2D eigenvalue weighted by Crippen LogP contribution is 2.38. The molecule has 1 aliphatic heterocycles. The number of alkyl halides is 3. The van der Waals surface area contributed by atoms with Gasteiger partial charge in [-0.3, -0.25) is 9.69 Å². The van der Waals surface area contributed by atoms with E-state index < -0.39 is 17.6 Å². The number of oxazole rings is 1. The molecule has 1 aromatic carbocycles. The Kier molecular flexibility index (Phi) is 5.81. The topological polar surface area (TPSA) is 58.8 Å². The summed E-state index contributed by atoms with van der Waals surface area (Å²) in [7, 11) is 1.63. The zero-order valence-electron chi connectivity index (χ0n) is 14.8. The van der Waals surface area contributed by atoms with Crippen molar-refractivity contribution in [2.24, 2.45) is 0 Å². The monoisotopic (exact) mass is 383 g/mol. The number of hydrogen-bond acceptors (Lipinski definition) is 5. The number of nitrogens with zero attached hydrogens (tertiary/aromatic N) is 3. The van der Waals surface area contributed by atoms with Crippen LogP contribution in [0, 0.1) is 0 Å². The highest BCUT2D eigenvalue weighted by atomic mass is 19.4. The molecule has 1 aliphatic rings. The van der Waals surface area contributed by atoms with Gasteiger partial charge in [-0.05, 0) is 6.07 Å². The van der Waals surface area contributed by atoms with E-state index in [9.17, 15) is 18.0 Å². The van der Waals surface area contributed by atoms with Crippen molar-refractivity contribution in [2.75, 3.05) is 46.4 Å². The molecule has 1 aromatic heterocycles. The first kappa shape index (κ1) is 19.4. The number of carbonyl (C=O) groups is 1. The number of halogens is 3. The van der Waals surface area contributed by atoms with Crippen LogP contribution >= 0.6 is 0 Å². The second kappa shape index (κ2) is 8.10. The van der Waals surface area contributed by atoms with E-state index in [1.807, 2.05) is 0 Å². The Bertz CT molecular complexity index is 783. The van der Waals surface area contributed by atoms with E-state index >= 15 is 0 Å². The van der Waals surface area contributed by atoms with Crippen molar-refractivity contribution in [3.8, 4) is 11.3 Å². The molecule has 146 valence electrons. The van der Waals surface area contributed by atoms with Crippen LogP contribution < -0.4 is 0 Å². The summed E-state index contributed by atoms with van der Waals surface area (Å²) in [5.41, 5.74) is -1.15. The Morgan fingerprint density at radius 2 is 1.93 bits per heavy atom. The van der Waals surface area contributed by atoms with Crippen molar-refractivity contribution in [3.05, 3.63) is 41.9 Å². The number of hydrogen-bond donors (Lipinski definition) is 0. The molecular weight excluding hydrogens is 363 g/mol. The van der Waals surface area contributed by atoms with Crippen LogP contribution in [-0.2, 0) is 10.9 Å². The van der Waals surface area contributed by atoms with Gasteiger partial charge in [0, 0.05) is 45.4 Å². The van der Waals surface area contributed by atoms with Gasteiger partial charge in [0.15, 0.2) is 17.8 Å². The Labute approximate surface area is 154 Å². The first-order valence-corrected chi connectivity index (χ1v) is 8.52. The second-order valence-corrected chi connectivity index (χ2v) is 6.20. The van der Waals surface area contributed by atoms with Crippen LogP contribution in [0.15, 0.2) is 35.1 Å². The summed E-state index contributed by atoms with van der Waals surface area (Å²) in [5.74, 6) is -0.586. The smallest absolute Gasteiger partial charge is 0.417 e. The van der Waals surface area contributed by atoms with Crippen molar-refractivity contribution in [3.63, 3.8) is 0 Å². The minimum absolute atomic E-state index is 0.1000. The lowest BCUT2D eigenvalue weighted by molar-refractivity contribution is -0.137. The molecule has 2 aromatic rings. The number of methoxy groups -OCH3 is 1. The van der Waals surface area contributed by atoms with Crippen LogP contribution in [0.5, 0.6) is 0 Å². The molecular formula is C18H20F3N3O3. The van der Waals surface area contributed by atoms with Crippen LogP contribution in [0.2, 0.25) is 0 Å². The molecule has 0 saturated carbocycles. The Morgan fingerprint density at radius 1 is 1.22 bits per heavy atom. The molecule has 2 heterocycles. The SMILES string of the molecule is COCCN1CCN(C(=O)c2ncoc2-c2ccccc2C(F)(F)F)CC1. The molecule has 9 heteroatoms. The molecule has 0 spiro atoms. The molecule has 0 aliphatic carbocycles. The second-order valence-electron chi connectivity index (χ2n) is 6.20. The third-order valence-corrected chi connectivity index (χ3v) is 4.52. The van der Waals surface area contributed by atoms with E-state index in [0.29, 0.717) is 32.8 Å². The van der Waals surface area contributed by atoms with E-state index in [0.717, 1.165) is 19.0 Å². The summed E-state index contributed by atoms with van der Waals surface area (Å²) >= 11 is 0. The number of amides is 1. The molecule has 0 unspecified atom stereocenters. The van der Waals surface area contributed by atoms with Crippen molar-refractivity contribution >= 4 is 5.91 Å². The molecule has 3 rings (SSSR count). The standard InChI is InChI=1S/C18H20F3N3O3/c1-26-11-10-23-6-8-24(9-7-23)17(25)15-16(27-12-22-15)13-4-2-3-5-14(13)18(19,20)21/h2-5,12H,6-11H2,1H3. The maximum atomic E-state index is 13.3. The lowest BCUT2D eigenvalue weighted by Crippen LogP contribution is -2.49. The zero-order chi connectivity index (χ0) is 19.4. The minimum atomic E-state index is -4.56. The molecule has 27 heavy (non-hydrogen) atoms. The van der Waals surface area contributed by atoms with Crippen molar-refractivity contribution in [1.82, 2.24) is 14.8 Å². The van der Waals surface area contributed by atoms with E-state index in [4.69, 9.17) is 9.15 Å². The first-order valence-electron chi connectivity index (χ1n) is 8.52. The van der Waals surface area contributed by atoms with E-state index in [1.54, 1.807) is 12.0 Å². The van der Waals surface area contributed by atoms with Crippen LogP contribution in [0.25, 0.3) is 11.3 Å². The molecule has 0 radical (unpaired) electrons. The van der Waals surface area contributed by atoms with Gasteiger partial charge >= 0.3 is 6.18 Å². The molecule has 1 saturated heterocycles. The van der Waals surface area contributed by atoms with E-state index in [2.05, 4.69) is 9.88 Å². The first-order chi connectivity index (χ1) is 12.9. The van der Waals surface area contributed by atoms with Gasteiger partial charge in [-0.2, -0.15) is 13.2 Å². The number of aromatic nitrogens is 1. The third kappa shape index (κ3) is 4.30. The third-order valence-electron chi connectivity index (χ3n) is 4.52. The lowest BCUT2D eigenvalue weighted by atomic mass is 10.0. The molecule has 1 amide bonds. The van der Waals surface area contributed by atoms with Crippen LogP contribution in [0.1, 0.15) is 16.1 Å². The van der Waals surface area contributed by atoms with Crippen molar-refractivity contribution in [1.29, 1.82) is 0 Å². The molecule has 0 atom stereocenters. The van der Waals surface area contributed by atoms with Crippen LogP contribution in [0.4, 0.5) is 13.2 Å². The normalized spacial score (nSPS) is 15.9. The fraction of sp³-hybridized carbons (Fsp3) is 0.444. The van der Waals surface area contributed by atoms with Gasteiger partial charge in [0.25, 0.3) is 5.91 Å². The highest BCUT2D eigenvalue weighted by Gasteiger charge is 2.36. The number of benzene rings is 1. The average Bonchev–Trinajstić information content (AvgIpc) is 3.15. The lowest BCUT2D eigenvalue weighted by Gasteiger charge is -2.34. The highest BCUT2D eigenvalue weighted by molar-refractivity contribution is 5.98. The predicted octanol–water partition coefficient (Wildman–Crippen LogP) is 2.76. The zero-order valence-corrected chi connectivity index (χ0v) is 14.8. The van der Waals surface area contributed by atoms with Crippen molar-refractivity contribution in [2.45, 2.75) is 6.18 Å². The number of ether oxygens (including phenoxy) is 1. The average molecular weight is 383 g/mol. The molecule has 0 N–H and O–H groups in total. The maximum Gasteiger partial charge on any atom is 0.417 e. The van der Waals surface area contributed by atoms with Gasteiger partial charge in [-0.25, -0.2) is 4.98 Å².